The number of aromatic nitrogens is 3. The van der Waals surface area contributed by atoms with Crippen molar-refractivity contribution >= 4 is 23.0 Å². The number of hydrogen-bond acceptors (Lipinski definition) is 6. The van der Waals surface area contributed by atoms with Gasteiger partial charge in [0.1, 0.15) is 23.0 Å². The Morgan fingerprint density at radius 2 is 2.07 bits per heavy atom. The molecule has 27 heavy (non-hydrogen) atoms. The summed E-state index contributed by atoms with van der Waals surface area (Å²) < 4.78 is 12.5. The number of benzene rings is 1. The molecule has 0 amide bonds. The van der Waals surface area contributed by atoms with Crippen LogP contribution in [0.4, 0.5) is 0 Å². The van der Waals surface area contributed by atoms with Crippen molar-refractivity contribution < 1.29 is 14.3 Å². The van der Waals surface area contributed by atoms with Crippen molar-refractivity contribution in [1.82, 2.24) is 14.4 Å². The summed E-state index contributed by atoms with van der Waals surface area (Å²) in [7, 11) is 1.63. The maximum Gasteiger partial charge on any atom is 0.358 e. The summed E-state index contributed by atoms with van der Waals surface area (Å²) in [5.74, 6) is 0.290. The van der Waals surface area contributed by atoms with Gasteiger partial charge in [-0.15, -0.1) is 11.3 Å². The molecule has 0 saturated carbocycles. The lowest BCUT2D eigenvalue weighted by Crippen LogP contribution is -2.05. The molecule has 0 bridgehead atoms. The van der Waals surface area contributed by atoms with E-state index in [0.717, 1.165) is 21.9 Å². The van der Waals surface area contributed by atoms with Crippen LogP contribution in [0.2, 0.25) is 0 Å². The Morgan fingerprint density at radius 1 is 1.22 bits per heavy atom. The van der Waals surface area contributed by atoms with Gasteiger partial charge in [-0.2, -0.15) is 0 Å². The minimum absolute atomic E-state index is 0.0946. The van der Waals surface area contributed by atoms with Gasteiger partial charge in [0.25, 0.3) is 0 Å². The summed E-state index contributed by atoms with van der Waals surface area (Å²) in [4.78, 5) is 21.2. The Hall–Kier alpha value is -3.19. The van der Waals surface area contributed by atoms with E-state index in [1.807, 2.05) is 54.9 Å². The van der Waals surface area contributed by atoms with Crippen LogP contribution < -0.4 is 4.74 Å². The fourth-order valence-electron chi connectivity index (χ4n) is 2.71. The summed E-state index contributed by atoms with van der Waals surface area (Å²) in [5.41, 5.74) is 3.68. The number of thiazole rings is 1. The molecule has 4 aromatic rings. The van der Waals surface area contributed by atoms with Crippen LogP contribution in [0.1, 0.15) is 21.7 Å². The minimum Gasteiger partial charge on any atom is -0.496 e. The lowest BCUT2D eigenvalue weighted by Gasteiger charge is -2.04. The van der Waals surface area contributed by atoms with Crippen LogP contribution in [-0.4, -0.2) is 27.4 Å². The first-order valence-electron chi connectivity index (χ1n) is 8.34. The summed E-state index contributed by atoms with van der Waals surface area (Å²) >= 11 is 1.48. The highest BCUT2D eigenvalue weighted by molar-refractivity contribution is 7.13. The first kappa shape index (κ1) is 17.2. The highest BCUT2D eigenvalue weighted by atomic mass is 32.1. The van der Waals surface area contributed by atoms with Crippen LogP contribution >= 0.6 is 11.3 Å². The molecule has 4 rings (SSSR count). The van der Waals surface area contributed by atoms with E-state index in [-0.39, 0.29) is 12.3 Å². The summed E-state index contributed by atoms with van der Waals surface area (Å²) in [6.07, 6.45) is 3.53. The molecule has 0 N–H and O–H groups in total. The molecule has 0 radical (unpaired) electrons. The molecule has 3 heterocycles. The molecule has 0 aliphatic rings. The second-order valence-electron chi connectivity index (χ2n) is 6.02. The van der Waals surface area contributed by atoms with Gasteiger partial charge >= 0.3 is 5.97 Å². The van der Waals surface area contributed by atoms with E-state index in [1.165, 1.54) is 11.3 Å². The molecule has 0 aliphatic heterocycles. The monoisotopic (exact) mass is 379 g/mol. The van der Waals surface area contributed by atoms with Gasteiger partial charge in [-0.3, -0.25) is 0 Å². The number of hydrogen-bond donors (Lipinski definition) is 0. The normalized spacial score (nSPS) is 10.9. The Labute approximate surface area is 160 Å². The van der Waals surface area contributed by atoms with Gasteiger partial charge in [0, 0.05) is 17.8 Å². The fraction of sp³-hybridized carbons (Fsp3) is 0.150. The molecule has 0 atom stereocenters. The van der Waals surface area contributed by atoms with Crippen molar-refractivity contribution in [2.24, 2.45) is 0 Å². The number of pyridine rings is 1. The van der Waals surface area contributed by atoms with E-state index in [9.17, 15) is 4.79 Å². The second-order valence-corrected chi connectivity index (χ2v) is 6.87. The van der Waals surface area contributed by atoms with Crippen molar-refractivity contribution in [3.05, 3.63) is 71.1 Å². The van der Waals surface area contributed by atoms with Crippen LogP contribution in [0.5, 0.6) is 5.75 Å². The van der Waals surface area contributed by atoms with E-state index in [0.29, 0.717) is 11.3 Å². The Balaban J connectivity index is 1.47. The number of carbonyl (C=O) groups excluding carboxylic acids is 1. The van der Waals surface area contributed by atoms with Crippen LogP contribution in [0.15, 0.2) is 54.2 Å². The number of fused-ring (bicyclic) bond motifs is 1. The maximum absolute atomic E-state index is 12.3. The van der Waals surface area contributed by atoms with Crippen molar-refractivity contribution in [1.29, 1.82) is 0 Å². The maximum atomic E-state index is 12.3. The number of para-hydroxylation sites is 1. The number of ether oxygens (including phenoxy) is 2. The topological polar surface area (TPSA) is 65.7 Å². The molecular formula is C20H17N3O3S. The molecule has 7 heteroatoms. The van der Waals surface area contributed by atoms with Crippen molar-refractivity contribution in [3.8, 4) is 16.3 Å². The summed E-state index contributed by atoms with van der Waals surface area (Å²) in [6.45, 7) is 2.08. The minimum atomic E-state index is -0.469. The van der Waals surface area contributed by atoms with Crippen LogP contribution in [0, 0.1) is 6.92 Å². The Kier molecular flexibility index (Phi) is 4.60. The van der Waals surface area contributed by atoms with Gasteiger partial charge in [-0.05, 0) is 36.8 Å². The number of rotatable bonds is 5. The lowest BCUT2D eigenvalue weighted by molar-refractivity contribution is 0.0462. The molecular weight excluding hydrogens is 362 g/mol. The van der Waals surface area contributed by atoms with Gasteiger partial charge in [0.15, 0.2) is 5.69 Å². The van der Waals surface area contributed by atoms with Crippen LogP contribution in [0.25, 0.3) is 16.2 Å². The quantitative estimate of drug-likeness (QED) is 0.488. The molecule has 0 saturated heterocycles. The third kappa shape index (κ3) is 3.54. The molecule has 0 aliphatic carbocycles. The average Bonchev–Trinajstić information content (AvgIpc) is 3.32. The fourth-order valence-corrected chi connectivity index (χ4v) is 3.55. The van der Waals surface area contributed by atoms with Crippen molar-refractivity contribution in [3.63, 3.8) is 0 Å². The van der Waals surface area contributed by atoms with Crippen molar-refractivity contribution in [2.45, 2.75) is 13.5 Å². The zero-order chi connectivity index (χ0) is 18.8. The van der Waals surface area contributed by atoms with E-state index in [1.54, 1.807) is 17.7 Å². The summed E-state index contributed by atoms with van der Waals surface area (Å²) in [6, 6.07) is 11.6. The standard InChI is InChI=1S/C20H17N3O3S/c1-13-7-8-23-10-16(22-18(23)9-13)20(24)26-11-14-12-27-19(21-14)15-5-3-4-6-17(15)25-2/h3-10,12H,11H2,1-2H3. The third-order valence-corrected chi connectivity index (χ3v) is 4.99. The molecule has 136 valence electrons. The van der Waals surface area contributed by atoms with E-state index < -0.39 is 5.97 Å². The number of methoxy groups -OCH3 is 1. The molecule has 1 aromatic carbocycles. The van der Waals surface area contributed by atoms with Gasteiger partial charge in [-0.25, -0.2) is 14.8 Å². The Morgan fingerprint density at radius 3 is 2.93 bits per heavy atom. The highest BCUT2D eigenvalue weighted by Gasteiger charge is 2.14. The van der Waals surface area contributed by atoms with Gasteiger partial charge in [0.05, 0.1) is 18.4 Å². The van der Waals surface area contributed by atoms with Crippen molar-refractivity contribution in [2.75, 3.05) is 7.11 Å². The largest absolute Gasteiger partial charge is 0.496 e. The number of carbonyl (C=O) groups is 1. The predicted octanol–water partition coefficient (Wildman–Crippen LogP) is 4.13. The number of aryl methyl sites for hydroxylation is 1. The second kappa shape index (κ2) is 7.20. The number of esters is 1. The number of imidazole rings is 1. The summed E-state index contributed by atoms with van der Waals surface area (Å²) in [5, 5.41) is 2.70. The van der Waals surface area contributed by atoms with Gasteiger partial charge in [0.2, 0.25) is 0 Å². The van der Waals surface area contributed by atoms with Crippen LogP contribution in [0.3, 0.4) is 0 Å². The first-order chi connectivity index (χ1) is 13.1. The zero-order valence-electron chi connectivity index (χ0n) is 14.9. The molecule has 0 fully saturated rings. The van der Waals surface area contributed by atoms with Gasteiger partial charge in [-0.1, -0.05) is 12.1 Å². The van der Waals surface area contributed by atoms with E-state index in [4.69, 9.17) is 9.47 Å². The lowest BCUT2D eigenvalue weighted by atomic mass is 10.2. The predicted molar refractivity (Wildman–Crippen MR) is 103 cm³/mol. The average molecular weight is 379 g/mol. The Bertz CT molecular complexity index is 1120. The highest BCUT2D eigenvalue weighted by Crippen LogP contribution is 2.32. The SMILES string of the molecule is COc1ccccc1-c1nc(COC(=O)c2cn3ccc(C)cc3n2)cs1. The number of nitrogens with zero attached hydrogens (tertiary/aromatic N) is 3. The van der Waals surface area contributed by atoms with Crippen LogP contribution in [-0.2, 0) is 11.3 Å². The zero-order valence-corrected chi connectivity index (χ0v) is 15.7. The van der Waals surface area contributed by atoms with E-state index >= 15 is 0 Å². The third-order valence-electron chi connectivity index (χ3n) is 4.07. The molecule has 0 unspecified atom stereocenters. The first-order valence-corrected chi connectivity index (χ1v) is 9.22. The van der Waals surface area contributed by atoms with Gasteiger partial charge < -0.3 is 13.9 Å². The molecule has 0 spiro atoms. The van der Waals surface area contributed by atoms with E-state index in [2.05, 4.69) is 9.97 Å². The smallest absolute Gasteiger partial charge is 0.358 e. The molecule has 6 nitrogen and oxygen atoms in total. The molecule has 3 aromatic heterocycles.